The van der Waals surface area contributed by atoms with Gasteiger partial charge in [-0.3, -0.25) is 9.59 Å². The lowest BCUT2D eigenvalue weighted by molar-refractivity contribution is -0.137. The molecule has 1 amide bonds. The minimum atomic E-state index is -1.02. The van der Waals surface area contributed by atoms with Crippen LogP contribution < -0.4 is 10.1 Å². The Labute approximate surface area is 138 Å². The first-order valence-electron chi connectivity index (χ1n) is 7.10. The van der Waals surface area contributed by atoms with Crippen LogP contribution in [0, 0.1) is 5.82 Å². The molecule has 0 radical (unpaired) electrons. The number of aliphatic hydroxyl groups excluding tert-OH is 1. The zero-order valence-electron chi connectivity index (χ0n) is 12.6. The van der Waals surface area contributed by atoms with Crippen molar-refractivity contribution in [3.05, 3.63) is 29.0 Å². The van der Waals surface area contributed by atoms with Gasteiger partial charge in [0.2, 0.25) is 0 Å². The lowest BCUT2D eigenvalue weighted by atomic mass is 10.0. The number of carboxylic acids is 1. The molecule has 1 rings (SSSR count). The molecule has 8 heteroatoms. The van der Waals surface area contributed by atoms with Crippen molar-refractivity contribution in [2.75, 3.05) is 6.61 Å². The van der Waals surface area contributed by atoms with Crippen LogP contribution in [0.2, 0.25) is 5.02 Å². The van der Waals surface area contributed by atoms with Gasteiger partial charge < -0.3 is 20.3 Å². The van der Waals surface area contributed by atoms with Crippen LogP contribution >= 0.6 is 11.6 Å². The Kier molecular flexibility index (Phi) is 7.77. The summed E-state index contributed by atoms with van der Waals surface area (Å²) in [7, 11) is 0. The Bertz CT molecular complexity index is 555. The highest BCUT2D eigenvalue weighted by Crippen LogP contribution is 2.20. The molecule has 0 heterocycles. The van der Waals surface area contributed by atoms with E-state index in [0.717, 1.165) is 6.07 Å². The number of benzene rings is 1. The summed E-state index contributed by atoms with van der Waals surface area (Å²) in [4.78, 5) is 22.3. The van der Waals surface area contributed by atoms with Crippen molar-refractivity contribution >= 4 is 23.5 Å². The quantitative estimate of drug-likeness (QED) is 0.634. The summed E-state index contributed by atoms with van der Waals surface area (Å²) in [6.45, 7) is 1.40. The van der Waals surface area contributed by atoms with Gasteiger partial charge in [0.05, 0.1) is 17.2 Å². The molecule has 0 saturated carbocycles. The van der Waals surface area contributed by atoms with E-state index in [-0.39, 0.29) is 30.2 Å². The lowest BCUT2D eigenvalue weighted by Gasteiger charge is -2.22. The second-order valence-corrected chi connectivity index (χ2v) is 5.35. The Morgan fingerprint density at radius 2 is 2.13 bits per heavy atom. The van der Waals surface area contributed by atoms with Crippen molar-refractivity contribution in [2.45, 2.75) is 38.3 Å². The zero-order valence-corrected chi connectivity index (χ0v) is 13.3. The fraction of sp³-hybridized carbons (Fsp3) is 0.467. The van der Waals surface area contributed by atoms with Crippen LogP contribution in [0.1, 0.15) is 26.2 Å². The number of amides is 1. The minimum absolute atomic E-state index is 0.0391. The van der Waals surface area contributed by atoms with Gasteiger partial charge in [0.1, 0.15) is 11.6 Å². The number of carboxylic acid groups (broad SMARTS) is 1. The molecular formula is C15H19ClFNO5. The normalized spacial score (nSPS) is 13.2. The standard InChI is InChI=1S/C15H19ClFNO5/c1-2-12(13(19)5-6-15(21)22)18-14(20)8-23-9-3-4-10(16)11(17)7-9/h3-4,7,12-13,19H,2,5-6,8H2,1H3,(H,18,20)(H,21,22). The van der Waals surface area contributed by atoms with E-state index in [2.05, 4.69) is 5.32 Å². The van der Waals surface area contributed by atoms with E-state index in [9.17, 15) is 19.1 Å². The van der Waals surface area contributed by atoms with Crippen LogP contribution in [0.3, 0.4) is 0 Å². The summed E-state index contributed by atoms with van der Waals surface area (Å²) >= 11 is 5.54. The molecule has 128 valence electrons. The third-order valence-corrected chi connectivity index (χ3v) is 3.47. The molecule has 0 aliphatic heterocycles. The van der Waals surface area contributed by atoms with Gasteiger partial charge in [-0.15, -0.1) is 0 Å². The number of carbonyl (C=O) groups is 2. The van der Waals surface area contributed by atoms with Crippen molar-refractivity contribution in [3.63, 3.8) is 0 Å². The number of halogens is 2. The molecule has 0 aliphatic rings. The first kappa shape index (κ1) is 19.2. The van der Waals surface area contributed by atoms with Crippen LogP contribution in [0.4, 0.5) is 4.39 Å². The zero-order chi connectivity index (χ0) is 17.4. The van der Waals surface area contributed by atoms with Crippen molar-refractivity contribution in [2.24, 2.45) is 0 Å². The Morgan fingerprint density at radius 1 is 1.43 bits per heavy atom. The molecule has 3 N–H and O–H groups in total. The second kappa shape index (κ2) is 9.32. The van der Waals surface area contributed by atoms with Gasteiger partial charge in [-0.05, 0) is 25.0 Å². The first-order chi connectivity index (χ1) is 10.8. The molecule has 0 fully saturated rings. The molecule has 0 aliphatic carbocycles. The summed E-state index contributed by atoms with van der Waals surface area (Å²) in [6.07, 6.45) is -0.680. The highest BCUT2D eigenvalue weighted by molar-refractivity contribution is 6.30. The second-order valence-electron chi connectivity index (χ2n) is 4.95. The monoisotopic (exact) mass is 347 g/mol. The number of hydrogen-bond acceptors (Lipinski definition) is 4. The van der Waals surface area contributed by atoms with Crippen molar-refractivity contribution in [1.82, 2.24) is 5.32 Å². The highest BCUT2D eigenvalue weighted by atomic mass is 35.5. The van der Waals surface area contributed by atoms with Gasteiger partial charge in [-0.1, -0.05) is 18.5 Å². The van der Waals surface area contributed by atoms with E-state index in [1.54, 1.807) is 6.92 Å². The predicted molar refractivity (Wildman–Crippen MR) is 82.0 cm³/mol. The topological polar surface area (TPSA) is 95.9 Å². The number of aliphatic hydroxyl groups is 1. The SMILES string of the molecule is CCC(NC(=O)COc1ccc(Cl)c(F)c1)C(O)CCC(=O)O. The van der Waals surface area contributed by atoms with Gasteiger partial charge >= 0.3 is 5.97 Å². The number of nitrogens with one attached hydrogen (secondary N) is 1. The third-order valence-electron chi connectivity index (χ3n) is 3.17. The van der Waals surface area contributed by atoms with Crippen molar-refractivity contribution < 1.29 is 28.9 Å². The smallest absolute Gasteiger partial charge is 0.303 e. The molecule has 0 aromatic heterocycles. The average molecular weight is 348 g/mol. The largest absolute Gasteiger partial charge is 0.484 e. The summed E-state index contributed by atoms with van der Waals surface area (Å²) in [6, 6.07) is 3.23. The van der Waals surface area contributed by atoms with Gasteiger partial charge in [0, 0.05) is 12.5 Å². The van der Waals surface area contributed by atoms with E-state index >= 15 is 0 Å². The summed E-state index contributed by atoms with van der Waals surface area (Å²) in [5, 5.41) is 21.0. The summed E-state index contributed by atoms with van der Waals surface area (Å²) in [5.74, 6) is -2.01. The van der Waals surface area contributed by atoms with E-state index in [1.807, 2.05) is 0 Å². The van der Waals surface area contributed by atoms with E-state index in [4.69, 9.17) is 21.4 Å². The number of aliphatic carboxylic acids is 1. The predicted octanol–water partition coefficient (Wildman–Crippen LogP) is 1.98. The van der Waals surface area contributed by atoms with E-state index < -0.39 is 29.8 Å². The molecule has 0 spiro atoms. The molecule has 2 atom stereocenters. The fourth-order valence-electron chi connectivity index (χ4n) is 1.91. The fourth-order valence-corrected chi connectivity index (χ4v) is 2.02. The van der Waals surface area contributed by atoms with Gasteiger partial charge in [0.25, 0.3) is 5.91 Å². The molecule has 2 unspecified atom stereocenters. The summed E-state index contributed by atoms with van der Waals surface area (Å²) < 4.78 is 18.4. The Balaban J connectivity index is 2.46. The maximum atomic E-state index is 13.2. The van der Waals surface area contributed by atoms with Crippen molar-refractivity contribution in [1.29, 1.82) is 0 Å². The average Bonchev–Trinajstić information content (AvgIpc) is 2.51. The number of hydrogen-bond donors (Lipinski definition) is 3. The van der Waals surface area contributed by atoms with Crippen LogP contribution in [-0.4, -0.2) is 40.8 Å². The van der Waals surface area contributed by atoms with Crippen LogP contribution in [-0.2, 0) is 9.59 Å². The van der Waals surface area contributed by atoms with Gasteiger partial charge in [-0.25, -0.2) is 4.39 Å². The Morgan fingerprint density at radius 3 is 2.70 bits per heavy atom. The maximum absolute atomic E-state index is 13.2. The number of ether oxygens (including phenoxy) is 1. The Hall–Kier alpha value is -1.86. The highest BCUT2D eigenvalue weighted by Gasteiger charge is 2.20. The van der Waals surface area contributed by atoms with Crippen LogP contribution in [0.15, 0.2) is 18.2 Å². The third kappa shape index (κ3) is 6.83. The van der Waals surface area contributed by atoms with Gasteiger partial charge in [-0.2, -0.15) is 0 Å². The maximum Gasteiger partial charge on any atom is 0.303 e. The molecule has 23 heavy (non-hydrogen) atoms. The van der Waals surface area contributed by atoms with Crippen LogP contribution in [0.5, 0.6) is 5.75 Å². The lowest BCUT2D eigenvalue weighted by Crippen LogP contribution is -2.44. The molecular weight excluding hydrogens is 329 g/mol. The van der Waals surface area contributed by atoms with E-state index in [0.29, 0.717) is 6.42 Å². The molecule has 0 saturated heterocycles. The molecule has 1 aromatic rings. The summed E-state index contributed by atoms with van der Waals surface area (Å²) in [5.41, 5.74) is 0. The minimum Gasteiger partial charge on any atom is -0.484 e. The van der Waals surface area contributed by atoms with E-state index in [1.165, 1.54) is 12.1 Å². The van der Waals surface area contributed by atoms with Gasteiger partial charge in [0.15, 0.2) is 6.61 Å². The molecule has 6 nitrogen and oxygen atoms in total. The number of carbonyl (C=O) groups excluding carboxylic acids is 1. The first-order valence-corrected chi connectivity index (χ1v) is 7.48. The molecule has 0 bridgehead atoms. The van der Waals surface area contributed by atoms with Crippen LogP contribution in [0.25, 0.3) is 0 Å². The molecule has 1 aromatic carbocycles. The number of rotatable bonds is 9. The van der Waals surface area contributed by atoms with Crippen molar-refractivity contribution in [3.8, 4) is 5.75 Å².